The number of alkyl halides is 3. The van der Waals surface area contributed by atoms with E-state index in [1.807, 2.05) is 0 Å². The molecular formula is C20H14Cl2F3N5O. The SMILES string of the molecule is FC(F)(F)c1ccc(NCCOc2nc(-c3ccc(Cl)cc3Cl)cc3nccn23)nc1. The summed E-state index contributed by atoms with van der Waals surface area (Å²) in [6.07, 6.45) is -0.329. The van der Waals surface area contributed by atoms with Crippen LogP contribution in [0.1, 0.15) is 5.56 Å². The second kappa shape index (κ2) is 8.60. The summed E-state index contributed by atoms with van der Waals surface area (Å²) >= 11 is 12.3. The number of nitrogens with zero attached hydrogens (tertiary/aromatic N) is 4. The van der Waals surface area contributed by atoms with E-state index in [2.05, 4.69) is 20.3 Å². The standard InChI is InChI=1S/C20H14Cl2F3N5O/c21-13-2-3-14(15(22)9-13)16-10-18-27-5-7-30(18)19(29-16)31-8-6-26-17-4-1-12(11-28-17)20(23,24)25/h1-5,7,9-11H,6,8H2,(H,26,28). The summed E-state index contributed by atoms with van der Waals surface area (Å²) < 4.78 is 45.3. The number of aromatic nitrogens is 4. The van der Waals surface area contributed by atoms with E-state index in [0.29, 0.717) is 39.3 Å². The molecule has 3 aromatic heterocycles. The van der Waals surface area contributed by atoms with Crippen molar-refractivity contribution in [1.29, 1.82) is 0 Å². The van der Waals surface area contributed by atoms with Crippen molar-refractivity contribution in [3.05, 3.63) is 70.6 Å². The lowest BCUT2D eigenvalue weighted by atomic mass is 10.1. The van der Waals surface area contributed by atoms with Crippen LogP contribution in [0.2, 0.25) is 10.0 Å². The van der Waals surface area contributed by atoms with E-state index in [1.54, 1.807) is 41.1 Å². The highest BCUT2D eigenvalue weighted by Gasteiger charge is 2.30. The molecule has 0 atom stereocenters. The van der Waals surface area contributed by atoms with Crippen molar-refractivity contribution >= 4 is 34.7 Å². The van der Waals surface area contributed by atoms with E-state index in [9.17, 15) is 13.2 Å². The summed E-state index contributed by atoms with van der Waals surface area (Å²) in [4.78, 5) is 12.6. The van der Waals surface area contributed by atoms with Crippen molar-refractivity contribution in [1.82, 2.24) is 19.4 Å². The Labute approximate surface area is 184 Å². The highest BCUT2D eigenvalue weighted by molar-refractivity contribution is 6.36. The second-order valence-electron chi connectivity index (χ2n) is 6.41. The third-order valence-corrected chi connectivity index (χ3v) is 4.84. The molecule has 0 bridgehead atoms. The van der Waals surface area contributed by atoms with Crippen LogP contribution in [-0.4, -0.2) is 32.5 Å². The van der Waals surface area contributed by atoms with Crippen LogP contribution in [0.25, 0.3) is 16.9 Å². The van der Waals surface area contributed by atoms with Crippen molar-refractivity contribution < 1.29 is 17.9 Å². The predicted octanol–water partition coefficient (Wildman–Crippen LogP) is 5.61. The van der Waals surface area contributed by atoms with Crippen LogP contribution in [0.4, 0.5) is 19.0 Å². The number of nitrogens with one attached hydrogen (secondary N) is 1. The molecule has 160 valence electrons. The molecule has 0 radical (unpaired) electrons. The number of rotatable bonds is 6. The van der Waals surface area contributed by atoms with Crippen LogP contribution in [-0.2, 0) is 6.18 Å². The molecule has 0 aliphatic rings. The Morgan fingerprint density at radius 2 is 1.90 bits per heavy atom. The number of imidazole rings is 1. The molecule has 0 aliphatic heterocycles. The van der Waals surface area contributed by atoms with Gasteiger partial charge in [0.15, 0.2) is 0 Å². The molecule has 4 aromatic rings. The van der Waals surface area contributed by atoms with Crippen LogP contribution in [0.15, 0.2) is 55.0 Å². The fraction of sp³-hybridized carbons (Fsp3) is 0.150. The third-order valence-electron chi connectivity index (χ3n) is 4.29. The van der Waals surface area contributed by atoms with Crippen molar-refractivity contribution in [2.45, 2.75) is 6.18 Å². The van der Waals surface area contributed by atoms with Gasteiger partial charge in [-0.1, -0.05) is 23.2 Å². The molecule has 0 aliphatic carbocycles. The van der Waals surface area contributed by atoms with E-state index in [0.717, 1.165) is 12.3 Å². The number of hydrogen-bond acceptors (Lipinski definition) is 5. The molecule has 4 rings (SSSR count). The van der Waals surface area contributed by atoms with Crippen LogP contribution < -0.4 is 10.1 Å². The largest absolute Gasteiger partial charge is 0.463 e. The van der Waals surface area contributed by atoms with Crippen LogP contribution in [0.5, 0.6) is 6.01 Å². The normalized spacial score (nSPS) is 11.6. The molecule has 11 heteroatoms. The Morgan fingerprint density at radius 3 is 2.61 bits per heavy atom. The summed E-state index contributed by atoms with van der Waals surface area (Å²) in [6, 6.07) is 9.38. The van der Waals surface area contributed by atoms with Crippen LogP contribution in [0.3, 0.4) is 0 Å². The van der Waals surface area contributed by atoms with Gasteiger partial charge in [-0.25, -0.2) is 9.97 Å². The number of benzene rings is 1. The molecule has 0 amide bonds. The fourth-order valence-electron chi connectivity index (χ4n) is 2.82. The van der Waals surface area contributed by atoms with Gasteiger partial charge in [-0.2, -0.15) is 18.2 Å². The molecule has 0 spiro atoms. The van der Waals surface area contributed by atoms with Gasteiger partial charge in [0.2, 0.25) is 0 Å². The lowest BCUT2D eigenvalue weighted by Gasteiger charge is -2.12. The van der Waals surface area contributed by atoms with E-state index in [4.69, 9.17) is 27.9 Å². The molecule has 1 aromatic carbocycles. The molecule has 1 N–H and O–H groups in total. The number of halogens is 5. The van der Waals surface area contributed by atoms with Gasteiger partial charge < -0.3 is 10.1 Å². The van der Waals surface area contributed by atoms with Gasteiger partial charge in [0.25, 0.3) is 0 Å². The average molecular weight is 468 g/mol. The van der Waals surface area contributed by atoms with Crippen molar-refractivity contribution in [3.8, 4) is 17.3 Å². The third kappa shape index (κ3) is 4.83. The van der Waals surface area contributed by atoms with E-state index >= 15 is 0 Å². The highest BCUT2D eigenvalue weighted by atomic mass is 35.5. The summed E-state index contributed by atoms with van der Waals surface area (Å²) in [6.45, 7) is 0.475. The predicted molar refractivity (Wildman–Crippen MR) is 112 cm³/mol. The Balaban J connectivity index is 1.46. The minimum atomic E-state index is -4.42. The number of hydrogen-bond donors (Lipinski definition) is 1. The van der Waals surface area contributed by atoms with Crippen molar-refractivity contribution in [2.75, 3.05) is 18.5 Å². The lowest BCUT2D eigenvalue weighted by Crippen LogP contribution is -2.15. The van der Waals surface area contributed by atoms with Gasteiger partial charge in [-0.15, -0.1) is 0 Å². The Bertz CT molecular complexity index is 1210. The van der Waals surface area contributed by atoms with Crippen LogP contribution in [0, 0.1) is 0 Å². The number of pyridine rings is 1. The maximum Gasteiger partial charge on any atom is 0.417 e. The molecular weight excluding hydrogens is 454 g/mol. The minimum Gasteiger partial charge on any atom is -0.463 e. The van der Waals surface area contributed by atoms with E-state index < -0.39 is 11.7 Å². The monoisotopic (exact) mass is 467 g/mol. The molecule has 0 saturated heterocycles. The van der Waals surface area contributed by atoms with E-state index in [-0.39, 0.29) is 12.6 Å². The average Bonchev–Trinajstić information content (AvgIpc) is 3.19. The molecule has 0 saturated carbocycles. The second-order valence-corrected chi connectivity index (χ2v) is 7.25. The summed E-state index contributed by atoms with van der Waals surface area (Å²) in [5.41, 5.74) is 1.04. The van der Waals surface area contributed by atoms with Gasteiger partial charge >= 0.3 is 12.2 Å². The number of ether oxygens (including phenoxy) is 1. The van der Waals surface area contributed by atoms with Gasteiger partial charge in [0.1, 0.15) is 18.1 Å². The first-order valence-corrected chi connectivity index (χ1v) is 9.76. The first kappa shape index (κ1) is 21.2. The summed E-state index contributed by atoms with van der Waals surface area (Å²) in [5, 5.41) is 3.86. The zero-order valence-electron chi connectivity index (χ0n) is 15.7. The Morgan fingerprint density at radius 1 is 1.06 bits per heavy atom. The zero-order chi connectivity index (χ0) is 22.0. The van der Waals surface area contributed by atoms with E-state index in [1.165, 1.54) is 6.07 Å². The van der Waals surface area contributed by atoms with Gasteiger partial charge in [0.05, 0.1) is 22.8 Å². The summed E-state index contributed by atoms with van der Waals surface area (Å²) in [7, 11) is 0. The first-order chi connectivity index (χ1) is 14.8. The highest BCUT2D eigenvalue weighted by Crippen LogP contribution is 2.31. The topological polar surface area (TPSA) is 64.3 Å². The van der Waals surface area contributed by atoms with Crippen LogP contribution >= 0.6 is 23.2 Å². The van der Waals surface area contributed by atoms with Gasteiger partial charge in [-0.05, 0) is 30.3 Å². The minimum absolute atomic E-state index is 0.181. The molecule has 0 fully saturated rings. The first-order valence-electron chi connectivity index (χ1n) is 9.01. The Kier molecular flexibility index (Phi) is 5.88. The summed E-state index contributed by atoms with van der Waals surface area (Å²) in [5.74, 6) is 0.305. The fourth-order valence-corrected chi connectivity index (χ4v) is 3.32. The molecule has 31 heavy (non-hydrogen) atoms. The zero-order valence-corrected chi connectivity index (χ0v) is 17.2. The maximum absolute atomic E-state index is 12.6. The number of fused-ring (bicyclic) bond motifs is 1. The maximum atomic E-state index is 12.6. The van der Waals surface area contributed by atoms with Gasteiger partial charge in [-0.3, -0.25) is 4.40 Å². The van der Waals surface area contributed by atoms with Crippen molar-refractivity contribution in [3.63, 3.8) is 0 Å². The smallest absolute Gasteiger partial charge is 0.417 e. The quantitative estimate of drug-likeness (QED) is 0.373. The molecule has 6 nitrogen and oxygen atoms in total. The van der Waals surface area contributed by atoms with Gasteiger partial charge in [0, 0.05) is 35.2 Å². The molecule has 3 heterocycles. The lowest BCUT2D eigenvalue weighted by molar-refractivity contribution is -0.137. The number of anilines is 1. The Hall–Kier alpha value is -3.04. The van der Waals surface area contributed by atoms with Crippen molar-refractivity contribution in [2.24, 2.45) is 0 Å². The molecule has 0 unspecified atom stereocenters.